The highest BCUT2D eigenvalue weighted by atomic mass is 32.2. The largest absolute Gasteiger partial charge is 0.494 e. The molecule has 0 bridgehead atoms. The van der Waals surface area contributed by atoms with Crippen molar-refractivity contribution in [1.29, 1.82) is 0 Å². The number of carbonyl (C=O) groups is 1. The van der Waals surface area contributed by atoms with Crippen LogP contribution < -0.4 is 10.1 Å². The normalized spacial score (nSPS) is 11.2. The van der Waals surface area contributed by atoms with Gasteiger partial charge in [0.15, 0.2) is 15.0 Å². The lowest BCUT2D eigenvalue weighted by atomic mass is 10.2. The molecule has 0 atom stereocenters. The quantitative estimate of drug-likeness (QED) is 0.544. The van der Waals surface area contributed by atoms with Gasteiger partial charge in [-0.1, -0.05) is 25.1 Å². The molecule has 1 heterocycles. The third-order valence-corrected chi connectivity index (χ3v) is 6.56. The average Bonchev–Trinajstić information content (AvgIpc) is 3.20. The molecule has 0 radical (unpaired) electrons. The van der Waals surface area contributed by atoms with Crippen molar-refractivity contribution in [2.45, 2.75) is 24.7 Å². The molecule has 3 rings (SSSR count). The van der Waals surface area contributed by atoms with Crippen LogP contribution in [0.4, 0.5) is 5.13 Å². The summed E-state index contributed by atoms with van der Waals surface area (Å²) in [6.07, 6.45) is 0.819. The van der Waals surface area contributed by atoms with Crippen molar-refractivity contribution in [2.75, 3.05) is 17.7 Å². The van der Waals surface area contributed by atoms with Crippen LogP contribution in [-0.2, 0) is 14.6 Å². The summed E-state index contributed by atoms with van der Waals surface area (Å²) in [5.41, 5.74) is 1.65. The molecule has 0 aliphatic heterocycles. The lowest BCUT2D eigenvalue weighted by Gasteiger charge is -2.05. The summed E-state index contributed by atoms with van der Waals surface area (Å²) in [4.78, 5) is 16.8. The summed E-state index contributed by atoms with van der Waals surface area (Å²) in [7, 11) is -3.49. The molecule has 29 heavy (non-hydrogen) atoms. The van der Waals surface area contributed by atoms with E-state index < -0.39 is 9.84 Å². The second-order valence-corrected chi connectivity index (χ2v) is 9.31. The summed E-state index contributed by atoms with van der Waals surface area (Å²) >= 11 is 1.30. The van der Waals surface area contributed by atoms with E-state index in [1.807, 2.05) is 29.6 Å². The molecule has 1 N–H and O–H groups in total. The van der Waals surface area contributed by atoms with Crippen molar-refractivity contribution in [3.05, 3.63) is 60.0 Å². The predicted molar refractivity (Wildman–Crippen MR) is 115 cm³/mol. The Hall–Kier alpha value is -2.71. The number of hydrogen-bond acceptors (Lipinski definition) is 6. The van der Waals surface area contributed by atoms with Crippen LogP contribution in [0.25, 0.3) is 11.3 Å². The molecule has 0 unspecified atom stereocenters. The molecule has 1 aromatic heterocycles. The third kappa shape index (κ3) is 5.88. The second kappa shape index (κ2) is 9.67. The van der Waals surface area contributed by atoms with E-state index in [4.69, 9.17) is 4.74 Å². The van der Waals surface area contributed by atoms with Crippen LogP contribution in [0.3, 0.4) is 0 Å². The maximum Gasteiger partial charge on any atom is 0.227 e. The number of hydrogen-bond donors (Lipinski definition) is 1. The van der Waals surface area contributed by atoms with Gasteiger partial charge in [0.05, 0.1) is 22.9 Å². The molecular weight excluding hydrogens is 408 g/mol. The van der Waals surface area contributed by atoms with E-state index in [0.29, 0.717) is 11.7 Å². The minimum Gasteiger partial charge on any atom is -0.494 e. The first kappa shape index (κ1) is 21.0. The number of ether oxygens (including phenoxy) is 1. The van der Waals surface area contributed by atoms with Crippen LogP contribution in [-0.4, -0.2) is 31.7 Å². The highest BCUT2D eigenvalue weighted by Crippen LogP contribution is 2.26. The number of anilines is 1. The number of rotatable bonds is 9. The first-order valence-electron chi connectivity index (χ1n) is 9.24. The fourth-order valence-electron chi connectivity index (χ4n) is 2.56. The number of nitrogens with one attached hydrogen (secondary N) is 1. The maximum absolute atomic E-state index is 12.3. The van der Waals surface area contributed by atoms with Crippen LogP contribution in [0.5, 0.6) is 5.75 Å². The smallest absolute Gasteiger partial charge is 0.227 e. The lowest BCUT2D eigenvalue weighted by Crippen LogP contribution is -2.17. The molecule has 8 heteroatoms. The Morgan fingerprint density at radius 3 is 2.52 bits per heavy atom. The molecule has 0 fully saturated rings. The van der Waals surface area contributed by atoms with E-state index in [1.54, 1.807) is 18.2 Å². The number of benzene rings is 2. The van der Waals surface area contributed by atoms with Crippen molar-refractivity contribution >= 4 is 32.2 Å². The Morgan fingerprint density at radius 1 is 1.10 bits per heavy atom. The van der Waals surface area contributed by atoms with Gasteiger partial charge in [0.25, 0.3) is 0 Å². The number of nitrogens with zero attached hydrogens (tertiary/aromatic N) is 1. The van der Waals surface area contributed by atoms with Crippen LogP contribution >= 0.6 is 11.3 Å². The highest BCUT2D eigenvalue weighted by Gasteiger charge is 2.17. The van der Waals surface area contributed by atoms with Crippen LogP contribution in [0.15, 0.2) is 64.9 Å². The van der Waals surface area contributed by atoms with Gasteiger partial charge in [-0.2, -0.15) is 0 Å². The summed E-state index contributed by atoms with van der Waals surface area (Å²) in [6.45, 7) is 2.72. The Bertz CT molecular complexity index is 1050. The number of thiazole rings is 1. The van der Waals surface area contributed by atoms with E-state index in [1.165, 1.54) is 23.5 Å². The summed E-state index contributed by atoms with van der Waals surface area (Å²) in [5.74, 6) is 0.174. The highest BCUT2D eigenvalue weighted by molar-refractivity contribution is 7.91. The van der Waals surface area contributed by atoms with Gasteiger partial charge in [0.1, 0.15) is 5.75 Å². The van der Waals surface area contributed by atoms with Gasteiger partial charge in [-0.05, 0) is 42.8 Å². The SMILES string of the molecule is CCCOc1ccc(-c2csc(NC(=O)CCS(=O)(=O)c3ccccc3)n2)cc1. The van der Waals surface area contributed by atoms with Gasteiger partial charge in [-0.3, -0.25) is 4.79 Å². The zero-order valence-corrected chi connectivity index (χ0v) is 17.6. The fraction of sp³-hybridized carbons (Fsp3) is 0.238. The zero-order chi connectivity index (χ0) is 20.7. The zero-order valence-electron chi connectivity index (χ0n) is 16.0. The standard InChI is InChI=1S/C21H22N2O4S2/c1-2-13-27-17-10-8-16(9-11-17)19-15-28-21(22-19)23-20(24)12-14-29(25,26)18-6-4-3-5-7-18/h3-11,15H,2,12-14H2,1H3,(H,22,23,24). The van der Waals surface area contributed by atoms with Crippen LogP contribution in [0.2, 0.25) is 0 Å². The number of aromatic nitrogens is 1. The van der Waals surface area contributed by atoms with Gasteiger partial charge in [0.2, 0.25) is 5.91 Å². The average molecular weight is 431 g/mol. The Labute approximate surface area is 174 Å². The Balaban J connectivity index is 1.56. The van der Waals surface area contributed by atoms with Gasteiger partial charge >= 0.3 is 0 Å². The molecule has 0 saturated heterocycles. The summed E-state index contributed by atoms with van der Waals surface area (Å²) in [6, 6.07) is 15.7. The molecule has 0 spiro atoms. The van der Waals surface area contributed by atoms with Gasteiger partial charge in [0, 0.05) is 17.4 Å². The summed E-state index contributed by atoms with van der Waals surface area (Å²) in [5, 5.41) is 4.96. The van der Waals surface area contributed by atoms with E-state index in [9.17, 15) is 13.2 Å². The third-order valence-electron chi connectivity index (χ3n) is 4.07. The van der Waals surface area contributed by atoms with Gasteiger partial charge < -0.3 is 10.1 Å². The van der Waals surface area contributed by atoms with Crippen molar-refractivity contribution in [3.8, 4) is 17.0 Å². The topological polar surface area (TPSA) is 85.4 Å². The second-order valence-electron chi connectivity index (χ2n) is 6.34. The van der Waals surface area contributed by atoms with Crippen molar-refractivity contribution in [3.63, 3.8) is 0 Å². The van der Waals surface area contributed by atoms with Crippen molar-refractivity contribution in [2.24, 2.45) is 0 Å². The monoisotopic (exact) mass is 430 g/mol. The molecule has 0 aliphatic rings. The van der Waals surface area contributed by atoms with Crippen LogP contribution in [0, 0.1) is 0 Å². The minimum absolute atomic E-state index is 0.129. The van der Waals surface area contributed by atoms with Gasteiger partial charge in [-0.15, -0.1) is 11.3 Å². The van der Waals surface area contributed by atoms with E-state index in [-0.39, 0.29) is 23.0 Å². The molecule has 6 nitrogen and oxygen atoms in total. The van der Waals surface area contributed by atoms with Gasteiger partial charge in [-0.25, -0.2) is 13.4 Å². The molecular formula is C21H22N2O4S2. The fourth-order valence-corrected chi connectivity index (χ4v) is 4.56. The van der Waals surface area contributed by atoms with E-state index in [0.717, 1.165) is 23.4 Å². The maximum atomic E-state index is 12.3. The molecule has 152 valence electrons. The molecule has 0 saturated carbocycles. The Kier molecular flexibility index (Phi) is 7.00. The number of carbonyl (C=O) groups excluding carboxylic acids is 1. The van der Waals surface area contributed by atoms with Crippen molar-refractivity contribution in [1.82, 2.24) is 4.98 Å². The van der Waals surface area contributed by atoms with E-state index >= 15 is 0 Å². The number of amides is 1. The molecule has 0 aliphatic carbocycles. The van der Waals surface area contributed by atoms with Crippen LogP contribution in [0.1, 0.15) is 19.8 Å². The Morgan fingerprint density at radius 2 is 1.83 bits per heavy atom. The van der Waals surface area contributed by atoms with E-state index in [2.05, 4.69) is 17.2 Å². The summed E-state index contributed by atoms with van der Waals surface area (Å²) < 4.78 is 30.1. The first-order valence-corrected chi connectivity index (χ1v) is 11.8. The predicted octanol–water partition coefficient (Wildman–Crippen LogP) is 4.40. The first-order chi connectivity index (χ1) is 14.0. The minimum atomic E-state index is -3.49. The molecule has 3 aromatic rings. The molecule has 1 amide bonds. The lowest BCUT2D eigenvalue weighted by molar-refractivity contribution is -0.115. The molecule has 2 aromatic carbocycles. The van der Waals surface area contributed by atoms with Crippen molar-refractivity contribution < 1.29 is 17.9 Å². The number of sulfone groups is 1.